The van der Waals surface area contributed by atoms with E-state index in [9.17, 15) is 4.79 Å². The van der Waals surface area contributed by atoms with Crippen molar-refractivity contribution in [1.82, 2.24) is 5.32 Å². The lowest BCUT2D eigenvalue weighted by Gasteiger charge is -2.16. The van der Waals surface area contributed by atoms with Crippen LogP contribution < -0.4 is 10.6 Å². The second-order valence-corrected chi connectivity index (χ2v) is 4.41. The average molecular weight is 250 g/mol. The number of aryl methyl sites for hydroxylation is 1. The van der Waals surface area contributed by atoms with E-state index < -0.39 is 0 Å². The van der Waals surface area contributed by atoms with Crippen LogP contribution in [0.2, 0.25) is 0 Å². The Bertz CT molecular complexity index is 405. The van der Waals surface area contributed by atoms with Gasteiger partial charge in [0.15, 0.2) is 0 Å². The molecule has 0 saturated carbocycles. The number of hydrogen-bond donors (Lipinski definition) is 2. The maximum absolute atomic E-state index is 12.2. The van der Waals surface area contributed by atoms with Crippen molar-refractivity contribution >= 4 is 11.6 Å². The van der Waals surface area contributed by atoms with Crippen LogP contribution >= 0.6 is 0 Å². The number of carbonyl (C=O) groups excluding carboxylic acids is 1. The highest BCUT2D eigenvalue weighted by Crippen LogP contribution is 2.17. The molecule has 1 rings (SSSR count). The van der Waals surface area contributed by atoms with Gasteiger partial charge in [0.1, 0.15) is 0 Å². The zero-order chi connectivity index (χ0) is 13.5. The van der Waals surface area contributed by atoms with Crippen LogP contribution in [0.25, 0.3) is 0 Å². The first-order valence-electron chi connectivity index (χ1n) is 6.22. The molecule has 0 saturated heterocycles. The van der Waals surface area contributed by atoms with Crippen LogP contribution in [0.15, 0.2) is 18.2 Å². The number of benzene rings is 1. The Morgan fingerprint density at radius 2 is 2.17 bits per heavy atom. The summed E-state index contributed by atoms with van der Waals surface area (Å²) in [5.74, 6) is -0.0702. The Morgan fingerprint density at radius 3 is 2.78 bits per heavy atom. The first-order chi connectivity index (χ1) is 8.58. The highest BCUT2D eigenvalue weighted by atomic mass is 16.5. The van der Waals surface area contributed by atoms with Crippen molar-refractivity contribution in [2.75, 3.05) is 25.6 Å². The number of rotatable bonds is 6. The molecule has 1 aromatic carbocycles. The fourth-order valence-electron chi connectivity index (χ4n) is 1.78. The van der Waals surface area contributed by atoms with E-state index >= 15 is 0 Å². The van der Waals surface area contributed by atoms with Crippen molar-refractivity contribution in [2.45, 2.75) is 26.8 Å². The van der Waals surface area contributed by atoms with Crippen molar-refractivity contribution in [3.05, 3.63) is 29.3 Å². The van der Waals surface area contributed by atoms with Gasteiger partial charge < -0.3 is 15.4 Å². The summed E-state index contributed by atoms with van der Waals surface area (Å²) in [5, 5.41) is 6.12. The molecule has 2 N–H and O–H groups in total. The SMILES string of the molecule is CCNc1ccc(C)cc1C(=O)NC(C)COC. The molecule has 1 unspecified atom stereocenters. The zero-order valence-corrected chi connectivity index (χ0v) is 11.5. The third-order valence-electron chi connectivity index (χ3n) is 2.58. The molecule has 4 nitrogen and oxygen atoms in total. The molecule has 1 amide bonds. The summed E-state index contributed by atoms with van der Waals surface area (Å²) in [6.07, 6.45) is 0. The summed E-state index contributed by atoms with van der Waals surface area (Å²) in [7, 11) is 1.62. The van der Waals surface area contributed by atoms with Gasteiger partial charge in [-0.15, -0.1) is 0 Å². The first kappa shape index (κ1) is 14.5. The molecule has 100 valence electrons. The molecule has 18 heavy (non-hydrogen) atoms. The van der Waals surface area contributed by atoms with Crippen LogP contribution in [0.1, 0.15) is 29.8 Å². The van der Waals surface area contributed by atoms with Gasteiger partial charge in [-0.25, -0.2) is 0 Å². The number of carbonyl (C=O) groups is 1. The van der Waals surface area contributed by atoms with Crippen LogP contribution in [0, 0.1) is 6.92 Å². The van der Waals surface area contributed by atoms with Crippen molar-refractivity contribution in [1.29, 1.82) is 0 Å². The monoisotopic (exact) mass is 250 g/mol. The average Bonchev–Trinajstić information content (AvgIpc) is 2.32. The molecule has 1 aromatic rings. The second kappa shape index (κ2) is 7.01. The summed E-state index contributed by atoms with van der Waals surface area (Å²) in [5.41, 5.74) is 2.62. The van der Waals surface area contributed by atoms with Gasteiger partial charge in [0.05, 0.1) is 12.2 Å². The van der Waals surface area contributed by atoms with E-state index in [0.29, 0.717) is 12.2 Å². The second-order valence-electron chi connectivity index (χ2n) is 4.41. The molecule has 0 spiro atoms. The normalized spacial score (nSPS) is 12.0. The predicted octanol–water partition coefficient (Wildman–Crippen LogP) is 2.19. The van der Waals surface area contributed by atoms with Gasteiger partial charge in [0.2, 0.25) is 0 Å². The fraction of sp³-hybridized carbons (Fsp3) is 0.500. The molecule has 0 aliphatic heterocycles. The maximum Gasteiger partial charge on any atom is 0.253 e. The number of nitrogens with one attached hydrogen (secondary N) is 2. The summed E-state index contributed by atoms with van der Waals surface area (Å²) >= 11 is 0. The van der Waals surface area contributed by atoms with Crippen LogP contribution in [-0.4, -0.2) is 32.2 Å². The Labute approximate surface area is 109 Å². The smallest absolute Gasteiger partial charge is 0.253 e. The topological polar surface area (TPSA) is 50.4 Å². The molecule has 0 fully saturated rings. The van der Waals surface area contributed by atoms with E-state index in [1.165, 1.54) is 0 Å². The van der Waals surface area contributed by atoms with Gasteiger partial charge in [0.25, 0.3) is 5.91 Å². The Morgan fingerprint density at radius 1 is 1.44 bits per heavy atom. The third kappa shape index (κ3) is 4.04. The standard InChI is InChI=1S/C14H22N2O2/c1-5-15-13-7-6-10(2)8-12(13)14(17)16-11(3)9-18-4/h6-8,11,15H,5,9H2,1-4H3,(H,16,17). The minimum Gasteiger partial charge on any atom is -0.385 e. The van der Waals surface area contributed by atoms with Crippen molar-refractivity contribution < 1.29 is 9.53 Å². The first-order valence-corrected chi connectivity index (χ1v) is 6.22. The molecule has 0 bridgehead atoms. The van der Waals surface area contributed by atoms with Crippen molar-refractivity contribution in [2.24, 2.45) is 0 Å². The van der Waals surface area contributed by atoms with E-state index in [-0.39, 0.29) is 11.9 Å². The molecule has 4 heteroatoms. The lowest BCUT2D eigenvalue weighted by molar-refractivity contribution is 0.0906. The summed E-state index contributed by atoms with van der Waals surface area (Å²) < 4.78 is 5.01. The number of ether oxygens (including phenoxy) is 1. The number of methoxy groups -OCH3 is 1. The van der Waals surface area contributed by atoms with Crippen LogP contribution in [-0.2, 0) is 4.74 Å². The molecule has 0 aliphatic rings. The van der Waals surface area contributed by atoms with Crippen molar-refractivity contribution in [3.8, 4) is 0 Å². The Hall–Kier alpha value is -1.55. The quantitative estimate of drug-likeness (QED) is 0.813. The predicted molar refractivity (Wildman–Crippen MR) is 74.1 cm³/mol. The molecule has 0 heterocycles. The van der Waals surface area contributed by atoms with Gasteiger partial charge in [-0.3, -0.25) is 4.79 Å². The lowest BCUT2D eigenvalue weighted by atomic mass is 10.1. The van der Waals surface area contributed by atoms with Crippen LogP contribution in [0.3, 0.4) is 0 Å². The fourth-order valence-corrected chi connectivity index (χ4v) is 1.78. The molecule has 0 aliphatic carbocycles. The highest BCUT2D eigenvalue weighted by molar-refractivity contribution is 6.00. The van der Waals surface area contributed by atoms with E-state index in [1.807, 2.05) is 39.0 Å². The number of anilines is 1. The summed E-state index contributed by atoms with van der Waals surface area (Å²) in [6, 6.07) is 5.83. The summed E-state index contributed by atoms with van der Waals surface area (Å²) in [4.78, 5) is 12.2. The molecule has 1 atom stereocenters. The summed E-state index contributed by atoms with van der Waals surface area (Å²) in [6.45, 7) is 7.20. The van der Waals surface area contributed by atoms with Gasteiger partial charge >= 0.3 is 0 Å². The van der Waals surface area contributed by atoms with Crippen LogP contribution in [0.4, 0.5) is 5.69 Å². The van der Waals surface area contributed by atoms with Gasteiger partial charge in [-0.05, 0) is 32.9 Å². The van der Waals surface area contributed by atoms with Crippen LogP contribution in [0.5, 0.6) is 0 Å². The third-order valence-corrected chi connectivity index (χ3v) is 2.58. The van der Waals surface area contributed by atoms with E-state index in [1.54, 1.807) is 7.11 Å². The zero-order valence-electron chi connectivity index (χ0n) is 11.5. The molecular weight excluding hydrogens is 228 g/mol. The minimum absolute atomic E-state index is 0.00233. The van der Waals surface area contributed by atoms with E-state index in [2.05, 4.69) is 10.6 Å². The van der Waals surface area contributed by atoms with E-state index in [4.69, 9.17) is 4.74 Å². The Balaban J connectivity index is 2.85. The van der Waals surface area contributed by atoms with Gasteiger partial charge in [0, 0.05) is 25.4 Å². The molecule has 0 radical (unpaired) electrons. The number of amides is 1. The highest BCUT2D eigenvalue weighted by Gasteiger charge is 2.13. The van der Waals surface area contributed by atoms with Gasteiger partial charge in [-0.1, -0.05) is 11.6 Å². The minimum atomic E-state index is -0.0702. The number of hydrogen-bond acceptors (Lipinski definition) is 3. The largest absolute Gasteiger partial charge is 0.385 e. The molecular formula is C14H22N2O2. The maximum atomic E-state index is 12.2. The lowest BCUT2D eigenvalue weighted by Crippen LogP contribution is -2.36. The molecule has 0 aromatic heterocycles. The van der Waals surface area contributed by atoms with Crippen molar-refractivity contribution in [3.63, 3.8) is 0 Å². The van der Waals surface area contributed by atoms with Gasteiger partial charge in [-0.2, -0.15) is 0 Å². The Kier molecular flexibility index (Phi) is 5.65. The van der Waals surface area contributed by atoms with E-state index in [0.717, 1.165) is 17.8 Å².